The Morgan fingerprint density at radius 1 is 1.27 bits per heavy atom. The van der Waals surface area contributed by atoms with Gasteiger partial charge in [0.1, 0.15) is 0 Å². The minimum absolute atomic E-state index is 0.183. The first-order chi connectivity index (χ1) is 6.84. The number of aliphatic carboxylic acids is 1. The fourth-order valence-electron chi connectivity index (χ4n) is 1.77. The molecule has 0 heterocycles. The van der Waals surface area contributed by atoms with E-state index in [1.807, 2.05) is 13.8 Å². The van der Waals surface area contributed by atoms with Gasteiger partial charge in [-0.15, -0.1) is 0 Å². The number of rotatable bonds is 7. The zero-order valence-corrected chi connectivity index (χ0v) is 10.3. The number of hydrogen-bond donors (Lipinski definition) is 2. The van der Waals surface area contributed by atoms with Gasteiger partial charge < -0.3 is 10.2 Å². The number of aliphatic hydroxyl groups is 1. The van der Waals surface area contributed by atoms with Gasteiger partial charge in [0.25, 0.3) is 0 Å². The highest BCUT2D eigenvalue weighted by molar-refractivity contribution is 5.77. The van der Waals surface area contributed by atoms with Crippen LogP contribution in [0.3, 0.4) is 0 Å². The van der Waals surface area contributed by atoms with E-state index in [0.717, 1.165) is 12.8 Å². The first-order valence-corrected chi connectivity index (χ1v) is 5.80. The number of carbonyl (C=O) groups is 1. The van der Waals surface area contributed by atoms with Crippen LogP contribution in [-0.4, -0.2) is 21.8 Å². The molecule has 0 spiro atoms. The summed E-state index contributed by atoms with van der Waals surface area (Å²) < 4.78 is 0. The average Bonchev–Trinajstić information content (AvgIpc) is 2.13. The van der Waals surface area contributed by atoms with Gasteiger partial charge in [-0.25, -0.2) is 4.79 Å². The van der Waals surface area contributed by atoms with Gasteiger partial charge in [0.15, 0.2) is 5.60 Å². The van der Waals surface area contributed by atoms with Crippen LogP contribution in [0.25, 0.3) is 0 Å². The van der Waals surface area contributed by atoms with Crippen molar-refractivity contribution in [2.75, 3.05) is 0 Å². The van der Waals surface area contributed by atoms with Crippen LogP contribution in [0, 0.1) is 11.8 Å². The summed E-state index contributed by atoms with van der Waals surface area (Å²) >= 11 is 0. The minimum atomic E-state index is -1.54. The van der Waals surface area contributed by atoms with E-state index in [0.29, 0.717) is 18.8 Å². The molecule has 15 heavy (non-hydrogen) atoms. The van der Waals surface area contributed by atoms with Crippen molar-refractivity contribution in [1.82, 2.24) is 0 Å². The zero-order valence-electron chi connectivity index (χ0n) is 10.3. The van der Waals surface area contributed by atoms with E-state index in [2.05, 4.69) is 13.8 Å². The van der Waals surface area contributed by atoms with Gasteiger partial charge in [-0.05, 0) is 24.7 Å². The summed E-state index contributed by atoms with van der Waals surface area (Å²) in [6.07, 6.45) is 2.75. The minimum Gasteiger partial charge on any atom is -0.479 e. The second kappa shape index (κ2) is 6.11. The molecule has 0 radical (unpaired) electrons. The van der Waals surface area contributed by atoms with Crippen molar-refractivity contribution in [2.24, 2.45) is 11.8 Å². The van der Waals surface area contributed by atoms with Crippen molar-refractivity contribution in [1.29, 1.82) is 0 Å². The van der Waals surface area contributed by atoms with E-state index in [4.69, 9.17) is 5.11 Å². The number of carboxylic acids is 1. The van der Waals surface area contributed by atoms with Crippen molar-refractivity contribution in [3.63, 3.8) is 0 Å². The molecule has 0 aliphatic heterocycles. The highest BCUT2D eigenvalue weighted by Gasteiger charge is 2.40. The lowest BCUT2D eigenvalue weighted by Crippen LogP contribution is -2.44. The van der Waals surface area contributed by atoms with Crippen LogP contribution in [0.4, 0.5) is 0 Å². The first-order valence-electron chi connectivity index (χ1n) is 5.80. The molecule has 0 aromatic rings. The van der Waals surface area contributed by atoms with Crippen molar-refractivity contribution in [2.45, 2.75) is 59.0 Å². The smallest absolute Gasteiger partial charge is 0.335 e. The molecule has 0 saturated carbocycles. The molecule has 0 aromatic carbocycles. The third kappa shape index (κ3) is 4.20. The van der Waals surface area contributed by atoms with Crippen molar-refractivity contribution in [3.8, 4) is 0 Å². The van der Waals surface area contributed by atoms with Gasteiger partial charge in [0, 0.05) is 0 Å². The normalized spacial score (nSPS) is 17.5. The third-order valence-electron chi connectivity index (χ3n) is 2.99. The standard InChI is InChI=1S/C12H24O3/c1-5-8-12(15,11(13)14)10(4)7-6-9(2)3/h9-10,15H,5-8H2,1-4H3,(H,13,14). The Balaban J connectivity index is 4.41. The van der Waals surface area contributed by atoms with Gasteiger partial charge in [-0.2, -0.15) is 0 Å². The summed E-state index contributed by atoms with van der Waals surface area (Å²) in [6.45, 7) is 7.92. The van der Waals surface area contributed by atoms with Crippen LogP contribution >= 0.6 is 0 Å². The molecule has 0 rings (SSSR count). The molecule has 0 fully saturated rings. The van der Waals surface area contributed by atoms with Crippen LogP contribution < -0.4 is 0 Å². The molecule has 0 aliphatic rings. The van der Waals surface area contributed by atoms with Gasteiger partial charge >= 0.3 is 5.97 Å². The SMILES string of the molecule is CCCC(O)(C(=O)O)C(C)CCC(C)C. The van der Waals surface area contributed by atoms with Crippen LogP contribution in [0.5, 0.6) is 0 Å². The summed E-state index contributed by atoms with van der Waals surface area (Å²) in [7, 11) is 0. The predicted molar refractivity (Wildman–Crippen MR) is 60.7 cm³/mol. The molecule has 2 atom stereocenters. The fraction of sp³-hybridized carbons (Fsp3) is 0.917. The maximum Gasteiger partial charge on any atom is 0.335 e. The molecular formula is C12H24O3. The van der Waals surface area contributed by atoms with E-state index >= 15 is 0 Å². The Bertz CT molecular complexity index is 201. The molecular weight excluding hydrogens is 192 g/mol. The Morgan fingerprint density at radius 3 is 2.13 bits per heavy atom. The third-order valence-corrected chi connectivity index (χ3v) is 2.99. The molecule has 0 amide bonds. The Hall–Kier alpha value is -0.570. The highest BCUT2D eigenvalue weighted by atomic mass is 16.4. The molecule has 2 unspecified atom stereocenters. The topological polar surface area (TPSA) is 57.5 Å². The van der Waals surface area contributed by atoms with E-state index in [1.54, 1.807) is 0 Å². The summed E-state index contributed by atoms with van der Waals surface area (Å²) in [5.74, 6) is -0.718. The fourth-order valence-corrected chi connectivity index (χ4v) is 1.77. The van der Waals surface area contributed by atoms with Crippen molar-refractivity contribution >= 4 is 5.97 Å². The molecule has 0 aliphatic carbocycles. The molecule has 0 bridgehead atoms. The summed E-state index contributed by atoms with van der Waals surface area (Å²) in [4.78, 5) is 11.0. The lowest BCUT2D eigenvalue weighted by molar-refractivity contribution is -0.165. The van der Waals surface area contributed by atoms with Crippen LogP contribution in [-0.2, 0) is 4.79 Å². The second-order valence-corrected chi connectivity index (χ2v) is 4.85. The predicted octanol–water partition coefficient (Wildman–Crippen LogP) is 2.67. The summed E-state index contributed by atoms with van der Waals surface area (Å²) in [5, 5.41) is 19.1. The van der Waals surface area contributed by atoms with E-state index in [9.17, 15) is 9.90 Å². The zero-order chi connectivity index (χ0) is 12.1. The highest BCUT2D eigenvalue weighted by Crippen LogP contribution is 2.28. The Kier molecular flexibility index (Phi) is 5.88. The largest absolute Gasteiger partial charge is 0.479 e. The average molecular weight is 216 g/mol. The van der Waals surface area contributed by atoms with E-state index in [1.165, 1.54) is 0 Å². The maximum atomic E-state index is 11.0. The van der Waals surface area contributed by atoms with Gasteiger partial charge in [-0.1, -0.05) is 40.5 Å². The number of carboxylic acid groups (broad SMARTS) is 1. The van der Waals surface area contributed by atoms with Gasteiger partial charge in [0.05, 0.1) is 0 Å². The second-order valence-electron chi connectivity index (χ2n) is 4.85. The first kappa shape index (κ1) is 14.4. The van der Waals surface area contributed by atoms with Crippen LogP contribution in [0.2, 0.25) is 0 Å². The quantitative estimate of drug-likeness (QED) is 0.688. The molecule has 3 nitrogen and oxygen atoms in total. The van der Waals surface area contributed by atoms with Crippen molar-refractivity contribution in [3.05, 3.63) is 0 Å². The van der Waals surface area contributed by atoms with Gasteiger partial charge in [-0.3, -0.25) is 0 Å². The lowest BCUT2D eigenvalue weighted by Gasteiger charge is -2.30. The monoisotopic (exact) mass is 216 g/mol. The molecule has 90 valence electrons. The van der Waals surface area contributed by atoms with E-state index < -0.39 is 11.6 Å². The van der Waals surface area contributed by atoms with Crippen LogP contribution in [0.1, 0.15) is 53.4 Å². The molecule has 0 saturated heterocycles. The Labute approximate surface area is 92.5 Å². The summed E-state index contributed by atoms with van der Waals surface area (Å²) in [6, 6.07) is 0. The summed E-state index contributed by atoms with van der Waals surface area (Å²) in [5.41, 5.74) is -1.54. The lowest BCUT2D eigenvalue weighted by atomic mass is 9.81. The molecule has 3 heteroatoms. The van der Waals surface area contributed by atoms with E-state index in [-0.39, 0.29) is 5.92 Å². The van der Waals surface area contributed by atoms with Gasteiger partial charge in [0.2, 0.25) is 0 Å². The molecule has 0 aromatic heterocycles. The molecule has 2 N–H and O–H groups in total. The van der Waals surface area contributed by atoms with Crippen LogP contribution in [0.15, 0.2) is 0 Å². The van der Waals surface area contributed by atoms with Crippen molar-refractivity contribution < 1.29 is 15.0 Å². The number of hydrogen-bond acceptors (Lipinski definition) is 2. The maximum absolute atomic E-state index is 11.0. The Morgan fingerprint density at radius 2 is 1.80 bits per heavy atom.